The second kappa shape index (κ2) is 7.66. The summed E-state index contributed by atoms with van der Waals surface area (Å²) in [5.41, 5.74) is 2.75. The molecule has 118 valence electrons. The third kappa shape index (κ3) is 5.55. The lowest BCUT2D eigenvalue weighted by atomic mass is 9.89. The van der Waals surface area contributed by atoms with E-state index in [9.17, 15) is 8.42 Å². The van der Waals surface area contributed by atoms with Gasteiger partial charge in [0.05, 0.1) is 5.25 Å². The van der Waals surface area contributed by atoms with Crippen molar-refractivity contribution in [2.45, 2.75) is 51.2 Å². The van der Waals surface area contributed by atoms with Crippen LogP contribution in [0.2, 0.25) is 0 Å². The van der Waals surface area contributed by atoms with E-state index in [4.69, 9.17) is 6.42 Å². The molecule has 0 heterocycles. The summed E-state index contributed by atoms with van der Waals surface area (Å²) < 4.78 is 20.7. The minimum absolute atomic E-state index is 0. The number of rotatable bonds is 2. The average Bonchev–Trinajstić information content (AvgIpc) is 2.87. The van der Waals surface area contributed by atoms with Crippen molar-refractivity contribution in [2.24, 2.45) is 5.92 Å². The van der Waals surface area contributed by atoms with Crippen LogP contribution in [0.15, 0.2) is 24.3 Å². The van der Waals surface area contributed by atoms with Crippen LogP contribution in [0.5, 0.6) is 0 Å². The molecule has 0 amide bonds. The minimum Gasteiger partial charge on any atom is -0.229 e. The molecule has 2 nitrogen and oxygen atoms in total. The molecule has 1 fully saturated rings. The lowest BCUT2D eigenvalue weighted by Crippen LogP contribution is -2.10. The molecule has 0 radical (unpaired) electrons. The van der Waals surface area contributed by atoms with E-state index in [1.54, 1.807) is 13.8 Å². The summed E-state index contributed by atoms with van der Waals surface area (Å²) in [6.07, 6.45) is 10.5. The number of benzene rings is 1. The zero-order valence-electron chi connectivity index (χ0n) is 13.5. The zero-order chi connectivity index (χ0) is 16.0. The van der Waals surface area contributed by atoms with Gasteiger partial charge in [-0.2, -0.15) is 0 Å². The maximum Gasteiger partial charge on any atom is 0.149 e. The molecule has 0 N–H and O–H groups in total. The van der Waals surface area contributed by atoms with E-state index in [2.05, 4.69) is 37.1 Å². The molecule has 0 aromatic heterocycles. The molecule has 0 saturated heterocycles. The van der Waals surface area contributed by atoms with Gasteiger partial charge in [-0.25, -0.2) is 8.42 Å². The summed E-state index contributed by atoms with van der Waals surface area (Å²) in [7, 11) is -2.74. The molecule has 1 saturated carbocycles. The van der Waals surface area contributed by atoms with Crippen molar-refractivity contribution >= 4 is 9.84 Å². The molecule has 0 bridgehead atoms. The van der Waals surface area contributed by atoms with E-state index in [-0.39, 0.29) is 6.68 Å². The van der Waals surface area contributed by atoms with Crippen molar-refractivity contribution in [3.63, 3.8) is 0 Å². The first-order chi connectivity index (χ1) is 9.75. The second-order valence-corrected chi connectivity index (χ2v) is 8.70. The molecule has 0 aliphatic heterocycles. The van der Waals surface area contributed by atoms with Crippen LogP contribution in [0, 0.1) is 25.2 Å². The van der Waals surface area contributed by atoms with Gasteiger partial charge < -0.3 is 0 Å². The average molecular weight is 308 g/mol. The highest BCUT2D eigenvalue weighted by Gasteiger charge is 2.26. The fourth-order valence-electron chi connectivity index (χ4n) is 2.37. The van der Waals surface area contributed by atoms with Crippen LogP contribution in [0.4, 0.5) is 0 Å². The van der Waals surface area contributed by atoms with Crippen molar-refractivity contribution < 1.29 is 9.84 Å². The molecule has 1 aliphatic carbocycles. The van der Waals surface area contributed by atoms with Gasteiger partial charge in [0.25, 0.3) is 0 Å². The molecule has 0 spiro atoms. The van der Waals surface area contributed by atoms with Gasteiger partial charge in [0.2, 0.25) is 0 Å². The summed E-state index contributed by atoms with van der Waals surface area (Å²) in [6, 6.07) is 8.83. The molecule has 2 rings (SSSR count). The van der Waals surface area contributed by atoms with Crippen LogP contribution < -0.4 is 0 Å². The fourth-order valence-corrected chi connectivity index (χ4v) is 2.37. The van der Waals surface area contributed by atoms with Crippen molar-refractivity contribution in [3.05, 3.63) is 35.4 Å². The molecule has 21 heavy (non-hydrogen) atoms. The Kier molecular flexibility index (Phi) is 6.48. The summed E-state index contributed by atoms with van der Waals surface area (Å²) in [6.45, 7) is 5.45. The molecule has 1 aliphatic rings. The monoisotopic (exact) mass is 308 g/mol. The normalized spacial score (nSPS) is 21.5. The SMILES string of the molecule is C#C[C@@H]1CCC[C@@H]1c1ccc(C)cc1.CC(C)S(C)(=O)=O.[HH]. The van der Waals surface area contributed by atoms with E-state index < -0.39 is 9.84 Å². The summed E-state index contributed by atoms with van der Waals surface area (Å²) >= 11 is 0. The van der Waals surface area contributed by atoms with Crippen molar-refractivity contribution in [3.8, 4) is 12.3 Å². The minimum atomic E-state index is -2.74. The largest absolute Gasteiger partial charge is 0.229 e. The number of terminal acetylenes is 1. The van der Waals surface area contributed by atoms with Crippen LogP contribution in [0.25, 0.3) is 0 Å². The van der Waals surface area contributed by atoms with Crippen LogP contribution in [0.3, 0.4) is 0 Å². The Morgan fingerprint density at radius 3 is 2.19 bits per heavy atom. The van der Waals surface area contributed by atoms with Crippen LogP contribution in [-0.2, 0) is 9.84 Å². The lowest BCUT2D eigenvalue weighted by Gasteiger charge is -2.14. The van der Waals surface area contributed by atoms with E-state index in [0.29, 0.717) is 11.8 Å². The maximum absolute atomic E-state index is 10.3. The van der Waals surface area contributed by atoms with Crippen LogP contribution >= 0.6 is 0 Å². The molecular weight excluding hydrogens is 280 g/mol. The highest BCUT2D eigenvalue weighted by Crippen LogP contribution is 2.38. The molecule has 2 atom stereocenters. The van der Waals surface area contributed by atoms with Gasteiger partial charge >= 0.3 is 0 Å². The molecular formula is C18H28O2S. The van der Waals surface area contributed by atoms with E-state index in [0.717, 1.165) is 0 Å². The third-order valence-electron chi connectivity index (χ3n) is 4.09. The number of hydrogen-bond donors (Lipinski definition) is 0. The maximum atomic E-state index is 10.3. The number of aryl methyl sites for hydroxylation is 1. The second-order valence-electron chi connectivity index (χ2n) is 6.10. The topological polar surface area (TPSA) is 34.1 Å². The Morgan fingerprint density at radius 2 is 1.76 bits per heavy atom. The predicted octanol–water partition coefficient (Wildman–Crippen LogP) is 4.20. The highest BCUT2D eigenvalue weighted by molar-refractivity contribution is 7.91. The fraction of sp³-hybridized carbons (Fsp3) is 0.556. The Bertz CT molecular complexity index is 583. The lowest BCUT2D eigenvalue weighted by molar-refractivity contribution is 0.593. The predicted molar refractivity (Wildman–Crippen MR) is 92.2 cm³/mol. The van der Waals surface area contributed by atoms with Gasteiger partial charge in [-0.15, -0.1) is 12.3 Å². The Morgan fingerprint density at radius 1 is 1.24 bits per heavy atom. The molecule has 3 heteroatoms. The molecule has 0 unspecified atom stereocenters. The Labute approximate surface area is 131 Å². The number of sulfone groups is 1. The van der Waals surface area contributed by atoms with Crippen molar-refractivity contribution in [1.29, 1.82) is 0 Å². The van der Waals surface area contributed by atoms with E-state index in [1.165, 1.54) is 36.6 Å². The summed E-state index contributed by atoms with van der Waals surface area (Å²) in [5.74, 6) is 4.01. The molecule has 1 aromatic carbocycles. The van der Waals surface area contributed by atoms with Gasteiger partial charge in [-0.05, 0) is 45.1 Å². The van der Waals surface area contributed by atoms with Gasteiger partial charge in [-0.1, -0.05) is 36.2 Å². The Balaban J connectivity index is 0.000000478. The summed E-state index contributed by atoms with van der Waals surface area (Å²) in [5, 5.41) is -0.229. The third-order valence-corrected chi connectivity index (χ3v) is 5.80. The summed E-state index contributed by atoms with van der Waals surface area (Å²) in [4.78, 5) is 0. The smallest absolute Gasteiger partial charge is 0.149 e. The van der Waals surface area contributed by atoms with Gasteiger partial charge in [-0.3, -0.25) is 0 Å². The Hall–Kier alpha value is -1.27. The van der Waals surface area contributed by atoms with Crippen molar-refractivity contribution in [2.75, 3.05) is 6.26 Å². The van der Waals surface area contributed by atoms with E-state index >= 15 is 0 Å². The van der Waals surface area contributed by atoms with Crippen LogP contribution in [0.1, 0.15) is 51.6 Å². The van der Waals surface area contributed by atoms with Gasteiger partial charge in [0, 0.05) is 13.6 Å². The van der Waals surface area contributed by atoms with E-state index in [1.807, 2.05) is 0 Å². The first-order valence-corrected chi connectivity index (χ1v) is 9.42. The van der Waals surface area contributed by atoms with Gasteiger partial charge in [0.15, 0.2) is 0 Å². The standard InChI is InChI=1S/C14H16.C4H10O2S.H2/c1-3-12-5-4-6-14(12)13-9-7-11(2)8-10-13;1-4(2)7(3,5)6;/h1,7-10,12,14H,4-6H2,2H3;4H,1-3H3;1H/t12-,14+;;/m1../s1. The first-order valence-electron chi connectivity index (χ1n) is 7.47. The first kappa shape index (κ1) is 17.8. The van der Waals surface area contributed by atoms with Crippen LogP contribution in [-0.4, -0.2) is 19.9 Å². The quantitative estimate of drug-likeness (QED) is 0.767. The zero-order valence-corrected chi connectivity index (χ0v) is 14.3. The van der Waals surface area contributed by atoms with Crippen molar-refractivity contribution in [1.82, 2.24) is 0 Å². The highest BCUT2D eigenvalue weighted by atomic mass is 32.2. The number of hydrogen-bond acceptors (Lipinski definition) is 2. The molecule has 1 aromatic rings. The van der Waals surface area contributed by atoms with Gasteiger partial charge in [0.1, 0.15) is 9.84 Å².